The smallest absolute Gasteiger partial charge is 0.220 e. The number of amides is 2. The summed E-state index contributed by atoms with van der Waals surface area (Å²) in [6, 6.07) is 10.5. The van der Waals surface area contributed by atoms with Crippen LogP contribution in [-0.4, -0.2) is 66.4 Å². The minimum Gasteiger partial charge on any atom is -0.365 e. The van der Waals surface area contributed by atoms with Gasteiger partial charge in [-0.1, -0.05) is 74.7 Å². The monoisotopic (exact) mass is 697 g/mol. The second-order valence-electron chi connectivity index (χ2n) is 17.5. The average Bonchev–Trinajstić information content (AvgIpc) is 3.64. The Bertz CT molecular complexity index is 1520. The van der Waals surface area contributed by atoms with Gasteiger partial charge >= 0.3 is 0 Å². The van der Waals surface area contributed by atoms with Crippen molar-refractivity contribution in [1.29, 1.82) is 0 Å². The number of hydrogen-bond donors (Lipinski definition) is 2. The molecule has 0 radical (unpaired) electrons. The summed E-state index contributed by atoms with van der Waals surface area (Å²) in [6.45, 7) is 13.0. The van der Waals surface area contributed by atoms with E-state index in [9.17, 15) is 14.4 Å². The number of hydrogen-bond acceptors (Lipinski definition) is 5. The van der Waals surface area contributed by atoms with Crippen LogP contribution in [-0.2, 0) is 25.5 Å². The van der Waals surface area contributed by atoms with E-state index in [1.165, 1.54) is 24.0 Å². The van der Waals surface area contributed by atoms with E-state index in [4.69, 9.17) is 4.74 Å². The van der Waals surface area contributed by atoms with Gasteiger partial charge in [-0.15, -0.1) is 0 Å². The lowest BCUT2D eigenvalue weighted by Crippen LogP contribution is -2.54. The number of carbonyl (C=O) groups excluding carboxylic acids is 3. The van der Waals surface area contributed by atoms with Crippen LogP contribution in [0.5, 0.6) is 0 Å². The lowest BCUT2D eigenvalue weighted by Gasteiger charge is -2.47. The number of fused-ring (bicyclic) bond motifs is 6. The van der Waals surface area contributed by atoms with E-state index >= 15 is 0 Å². The Hall–Kier alpha value is -2.77. The third kappa shape index (κ3) is 7.28. The van der Waals surface area contributed by atoms with Gasteiger partial charge in [-0.05, 0) is 105 Å². The maximum atomic E-state index is 12.8. The molecule has 9 atom stereocenters. The summed E-state index contributed by atoms with van der Waals surface area (Å²) in [4.78, 5) is 40.0. The number of Topliss-reactive ketones (excluding diaryl/α,β-unsaturated/α-hetero) is 1. The van der Waals surface area contributed by atoms with E-state index < -0.39 is 0 Å². The second-order valence-corrected chi connectivity index (χ2v) is 17.5. The highest BCUT2D eigenvalue weighted by Crippen LogP contribution is 2.65. The second kappa shape index (κ2) is 15.3. The van der Waals surface area contributed by atoms with Crippen molar-refractivity contribution in [2.45, 2.75) is 135 Å². The van der Waals surface area contributed by atoms with Crippen LogP contribution in [0.15, 0.2) is 53.1 Å². The van der Waals surface area contributed by atoms with Crippen molar-refractivity contribution in [1.82, 2.24) is 15.5 Å². The van der Waals surface area contributed by atoms with Crippen LogP contribution in [0.3, 0.4) is 0 Å². The molecule has 1 spiro atoms. The molecule has 7 nitrogen and oxygen atoms in total. The fourth-order valence-corrected chi connectivity index (χ4v) is 11.8. The molecule has 6 aliphatic rings. The molecule has 4 fully saturated rings. The lowest BCUT2D eigenvalue weighted by atomic mass is 9.57. The number of allylic oxidation sites excluding steroid dienone is 3. The summed E-state index contributed by atoms with van der Waals surface area (Å²) >= 11 is 0. The largest absolute Gasteiger partial charge is 0.365 e. The molecule has 0 aromatic heterocycles. The number of rotatable bonds is 12. The van der Waals surface area contributed by atoms with Crippen molar-refractivity contribution in [3.05, 3.63) is 58.7 Å². The number of carbonyl (C=O) groups is 3. The summed E-state index contributed by atoms with van der Waals surface area (Å²) in [7, 11) is 0. The number of unbranched alkanes of at least 4 members (excludes halogenated alkanes) is 2. The maximum absolute atomic E-state index is 12.8. The first-order valence-corrected chi connectivity index (χ1v) is 20.5. The van der Waals surface area contributed by atoms with Crippen molar-refractivity contribution in [3.8, 4) is 0 Å². The van der Waals surface area contributed by atoms with Gasteiger partial charge in [0.05, 0.1) is 11.7 Å². The van der Waals surface area contributed by atoms with Crippen molar-refractivity contribution < 1.29 is 19.1 Å². The molecule has 7 rings (SSSR count). The number of benzene rings is 1. The molecule has 2 amide bonds. The fourth-order valence-electron chi connectivity index (χ4n) is 11.8. The SMILES string of the molecule is CC1=C2CC3C(CC=C4CC(=O)CCC43C)C2CCC12OC1CC(C)CN(CCNC(=O)CCCCCNC(=O)CCc3ccccc3)C1C2C. The Morgan fingerprint density at radius 1 is 1.00 bits per heavy atom. The topological polar surface area (TPSA) is 87.7 Å². The third-order valence-corrected chi connectivity index (χ3v) is 14.6. The Balaban J connectivity index is 0.881. The highest BCUT2D eigenvalue weighted by atomic mass is 16.5. The van der Waals surface area contributed by atoms with Crippen LogP contribution < -0.4 is 10.6 Å². The van der Waals surface area contributed by atoms with Gasteiger partial charge in [-0.2, -0.15) is 0 Å². The Morgan fingerprint density at radius 3 is 2.61 bits per heavy atom. The number of ether oxygens (including phenoxy) is 1. The minimum atomic E-state index is -0.179. The van der Waals surface area contributed by atoms with Crippen LogP contribution in [0.2, 0.25) is 0 Å². The van der Waals surface area contributed by atoms with Gasteiger partial charge in [0.1, 0.15) is 5.78 Å². The van der Waals surface area contributed by atoms with E-state index in [2.05, 4.69) is 61.4 Å². The predicted octanol–water partition coefficient (Wildman–Crippen LogP) is 7.35. The first-order valence-electron chi connectivity index (χ1n) is 20.5. The van der Waals surface area contributed by atoms with Crippen LogP contribution >= 0.6 is 0 Å². The molecule has 2 heterocycles. The molecule has 278 valence electrons. The highest BCUT2D eigenvalue weighted by molar-refractivity contribution is 5.82. The van der Waals surface area contributed by atoms with Gasteiger partial charge in [-0.3, -0.25) is 19.3 Å². The molecule has 2 aliphatic heterocycles. The zero-order valence-corrected chi connectivity index (χ0v) is 31.8. The van der Waals surface area contributed by atoms with Gasteiger partial charge in [0.25, 0.3) is 0 Å². The predicted molar refractivity (Wildman–Crippen MR) is 202 cm³/mol. The fraction of sp³-hybridized carbons (Fsp3) is 0.705. The number of piperidine rings is 1. The third-order valence-electron chi connectivity index (χ3n) is 14.6. The summed E-state index contributed by atoms with van der Waals surface area (Å²) < 4.78 is 7.32. The standard InChI is InChI=1S/C44H63N3O4/c1-29-25-39-42(47(28-29)24-23-46-40(49)13-9-6-10-22-45-41(50)17-14-32-11-7-5-8-12-32)31(3)44(51-39)21-19-35-36-16-15-33-26-34(48)18-20-43(33,4)38(36)27-37(35)30(44)2/h5,7-8,11-12,15,29,31,35-36,38-39,42H,6,9-10,13-14,16-28H2,1-4H3,(H,45,50)(H,46,49). The zero-order valence-electron chi connectivity index (χ0n) is 31.8. The van der Waals surface area contributed by atoms with E-state index in [-0.39, 0.29) is 28.9 Å². The van der Waals surface area contributed by atoms with Gasteiger partial charge in [0, 0.05) is 63.8 Å². The molecule has 2 N–H and O–H groups in total. The Morgan fingerprint density at radius 2 is 1.78 bits per heavy atom. The lowest BCUT2D eigenvalue weighted by molar-refractivity contribution is -0.122. The van der Waals surface area contributed by atoms with Crippen molar-refractivity contribution in [2.24, 2.45) is 35.0 Å². The number of aryl methyl sites for hydroxylation is 1. The van der Waals surface area contributed by atoms with E-state index in [1.54, 1.807) is 11.1 Å². The Labute approximate surface area is 306 Å². The number of nitrogens with one attached hydrogen (secondary N) is 2. The number of ketones is 1. The molecule has 2 saturated heterocycles. The molecule has 1 aromatic carbocycles. The minimum absolute atomic E-state index is 0.0962. The van der Waals surface area contributed by atoms with Crippen molar-refractivity contribution in [2.75, 3.05) is 26.2 Å². The Kier molecular flexibility index (Phi) is 11.0. The van der Waals surface area contributed by atoms with E-state index in [0.717, 1.165) is 70.9 Å². The first-order chi connectivity index (χ1) is 24.6. The summed E-state index contributed by atoms with van der Waals surface area (Å²) in [5.41, 5.74) is 5.87. The maximum Gasteiger partial charge on any atom is 0.220 e. The van der Waals surface area contributed by atoms with Crippen molar-refractivity contribution >= 4 is 17.6 Å². The number of nitrogens with zero attached hydrogens (tertiary/aromatic N) is 1. The highest BCUT2D eigenvalue weighted by Gasteiger charge is 2.61. The van der Waals surface area contributed by atoms with Crippen LogP contribution in [0.1, 0.15) is 117 Å². The molecular weight excluding hydrogens is 635 g/mol. The van der Waals surface area contributed by atoms with Crippen molar-refractivity contribution in [3.63, 3.8) is 0 Å². The van der Waals surface area contributed by atoms with Gasteiger partial charge < -0.3 is 15.4 Å². The normalized spacial score (nSPS) is 35.9. The van der Waals surface area contributed by atoms with Crippen LogP contribution in [0.25, 0.3) is 0 Å². The van der Waals surface area contributed by atoms with Gasteiger partial charge in [-0.25, -0.2) is 0 Å². The van der Waals surface area contributed by atoms with Gasteiger partial charge in [0.15, 0.2) is 0 Å². The molecule has 51 heavy (non-hydrogen) atoms. The van der Waals surface area contributed by atoms with Gasteiger partial charge in [0.2, 0.25) is 11.8 Å². The molecule has 2 saturated carbocycles. The molecule has 0 bridgehead atoms. The molecular formula is C44H63N3O4. The molecule has 9 unspecified atom stereocenters. The van der Waals surface area contributed by atoms with Crippen LogP contribution in [0.4, 0.5) is 0 Å². The molecule has 4 aliphatic carbocycles. The quantitative estimate of drug-likeness (QED) is 0.176. The summed E-state index contributed by atoms with van der Waals surface area (Å²) in [6.07, 6.45) is 15.4. The van der Waals surface area contributed by atoms with Crippen LogP contribution in [0, 0.1) is 35.0 Å². The van der Waals surface area contributed by atoms with E-state index in [1.807, 2.05) is 18.2 Å². The molecule has 7 heteroatoms. The summed E-state index contributed by atoms with van der Waals surface area (Å²) in [5, 5.41) is 6.25. The zero-order chi connectivity index (χ0) is 35.8. The number of likely N-dealkylation sites (tertiary alicyclic amines) is 1. The van der Waals surface area contributed by atoms with E-state index in [0.29, 0.717) is 73.8 Å². The first kappa shape index (κ1) is 36.6. The average molecular weight is 698 g/mol. The molecule has 1 aromatic rings. The summed E-state index contributed by atoms with van der Waals surface area (Å²) in [5.74, 6) is 3.68.